The summed E-state index contributed by atoms with van der Waals surface area (Å²) in [5, 5.41) is 0.730. The van der Waals surface area contributed by atoms with Crippen LogP contribution in [0.4, 0.5) is 0 Å². The first-order valence-corrected chi connectivity index (χ1v) is 8.00. The standard InChI is InChI=1S/C20H20N2O4/c1-11-5-6-15-13(7-11)14(20(21)23)10-16(22-15)12-8-17(24-2)19(26-4)18(9-12)25-3/h5-10H,1-4H3,(H2,21,23). The number of nitrogens with two attached hydrogens (primary N) is 1. The van der Waals surface area contributed by atoms with Crippen LogP contribution in [0.25, 0.3) is 22.2 Å². The van der Waals surface area contributed by atoms with Gasteiger partial charge in [-0.2, -0.15) is 0 Å². The smallest absolute Gasteiger partial charge is 0.249 e. The van der Waals surface area contributed by atoms with Crippen molar-refractivity contribution in [3.63, 3.8) is 0 Å². The highest BCUT2D eigenvalue weighted by Crippen LogP contribution is 2.41. The number of fused-ring (bicyclic) bond motifs is 1. The first-order valence-electron chi connectivity index (χ1n) is 8.00. The summed E-state index contributed by atoms with van der Waals surface area (Å²) < 4.78 is 16.1. The van der Waals surface area contributed by atoms with Gasteiger partial charge in [0.25, 0.3) is 0 Å². The molecule has 0 unspecified atom stereocenters. The van der Waals surface area contributed by atoms with Crippen molar-refractivity contribution in [1.82, 2.24) is 4.98 Å². The number of carbonyl (C=O) groups is 1. The molecule has 0 aliphatic heterocycles. The molecule has 0 saturated heterocycles. The number of hydrogen-bond donors (Lipinski definition) is 1. The van der Waals surface area contributed by atoms with Crippen LogP contribution in [0, 0.1) is 6.92 Å². The van der Waals surface area contributed by atoms with Crippen LogP contribution < -0.4 is 19.9 Å². The zero-order chi connectivity index (χ0) is 18.8. The second-order valence-corrected chi connectivity index (χ2v) is 5.85. The minimum atomic E-state index is -0.503. The molecule has 1 aromatic heterocycles. The summed E-state index contributed by atoms with van der Waals surface area (Å²) in [6.07, 6.45) is 0. The van der Waals surface area contributed by atoms with Gasteiger partial charge in [0.2, 0.25) is 11.7 Å². The van der Waals surface area contributed by atoms with Crippen molar-refractivity contribution in [3.8, 4) is 28.5 Å². The van der Waals surface area contributed by atoms with Crippen LogP contribution in [0.3, 0.4) is 0 Å². The third-order valence-corrected chi connectivity index (χ3v) is 4.19. The number of methoxy groups -OCH3 is 3. The van der Waals surface area contributed by atoms with Crippen LogP contribution in [-0.2, 0) is 0 Å². The number of amides is 1. The minimum Gasteiger partial charge on any atom is -0.493 e. The van der Waals surface area contributed by atoms with Gasteiger partial charge in [-0.05, 0) is 37.3 Å². The van der Waals surface area contributed by atoms with Crippen LogP contribution in [0.5, 0.6) is 17.2 Å². The summed E-state index contributed by atoms with van der Waals surface area (Å²) in [6.45, 7) is 1.96. The SMILES string of the molecule is COc1cc(-c2cc(C(N)=O)c3cc(C)ccc3n2)cc(OC)c1OC. The lowest BCUT2D eigenvalue weighted by Gasteiger charge is -2.15. The first-order chi connectivity index (χ1) is 12.5. The lowest BCUT2D eigenvalue weighted by molar-refractivity contribution is 0.100. The average molecular weight is 352 g/mol. The average Bonchev–Trinajstić information content (AvgIpc) is 2.65. The van der Waals surface area contributed by atoms with Crippen LogP contribution in [-0.4, -0.2) is 32.2 Å². The molecular weight excluding hydrogens is 332 g/mol. The van der Waals surface area contributed by atoms with E-state index >= 15 is 0 Å². The quantitative estimate of drug-likeness (QED) is 0.761. The fourth-order valence-corrected chi connectivity index (χ4v) is 2.92. The van der Waals surface area contributed by atoms with E-state index in [2.05, 4.69) is 4.98 Å². The number of hydrogen-bond acceptors (Lipinski definition) is 5. The second kappa shape index (κ2) is 6.92. The van der Waals surface area contributed by atoms with Crippen molar-refractivity contribution in [2.45, 2.75) is 6.92 Å². The van der Waals surface area contributed by atoms with Crippen molar-refractivity contribution in [2.75, 3.05) is 21.3 Å². The summed E-state index contributed by atoms with van der Waals surface area (Å²) in [6, 6.07) is 11.0. The van der Waals surface area contributed by atoms with Crippen molar-refractivity contribution in [2.24, 2.45) is 5.73 Å². The molecule has 0 spiro atoms. The van der Waals surface area contributed by atoms with Crippen LogP contribution in [0.1, 0.15) is 15.9 Å². The predicted molar refractivity (Wildman–Crippen MR) is 100 cm³/mol. The molecule has 2 N–H and O–H groups in total. The van der Waals surface area contributed by atoms with E-state index in [0.717, 1.165) is 16.5 Å². The number of nitrogens with zero attached hydrogens (tertiary/aromatic N) is 1. The Labute approximate surface area is 151 Å². The molecule has 0 atom stereocenters. The molecule has 0 radical (unpaired) electrons. The Morgan fingerprint density at radius 2 is 1.62 bits per heavy atom. The molecule has 0 saturated carbocycles. The topological polar surface area (TPSA) is 83.7 Å². The number of ether oxygens (including phenoxy) is 3. The van der Waals surface area contributed by atoms with E-state index in [1.807, 2.05) is 25.1 Å². The molecule has 6 nitrogen and oxygen atoms in total. The second-order valence-electron chi connectivity index (χ2n) is 5.85. The maximum Gasteiger partial charge on any atom is 0.249 e. The van der Waals surface area contributed by atoms with Crippen molar-refractivity contribution < 1.29 is 19.0 Å². The van der Waals surface area contributed by atoms with Gasteiger partial charge in [0.1, 0.15) is 0 Å². The molecule has 0 aliphatic rings. The molecule has 134 valence electrons. The van der Waals surface area contributed by atoms with E-state index in [9.17, 15) is 4.79 Å². The number of primary amides is 1. The highest BCUT2D eigenvalue weighted by atomic mass is 16.5. The van der Waals surface area contributed by atoms with Gasteiger partial charge < -0.3 is 19.9 Å². The Kier molecular flexibility index (Phi) is 4.67. The zero-order valence-corrected chi connectivity index (χ0v) is 15.1. The largest absolute Gasteiger partial charge is 0.493 e. The van der Waals surface area contributed by atoms with Gasteiger partial charge >= 0.3 is 0 Å². The Bertz CT molecular complexity index is 974. The van der Waals surface area contributed by atoms with Gasteiger partial charge in [0, 0.05) is 10.9 Å². The van der Waals surface area contributed by atoms with Crippen LogP contribution in [0.2, 0.25) is 0 Å². The molecule has 3 rings (SSSR count). The molecule has 1 heterocycles. The van der Waals surface area contributed by atoms with Gasteiger partial charge in [-0.25, -0.2) is 4.98 Å². The van der Waals surface area contributed by atoms with E-state index < -0.39 is 5.91 Å². The maximum absolute atomic E-state index is 12.0. The third-order valence-electron chi connectivity index (χ3n) is 4.19. The molecule has 3 aromatic rings. The molecule has 0 bridgehead atoms. The van der Waals surface area contributed by atoms with Crippen molar-refractivity contribution in [1.29, 1.82) is 0 Å². The summed E-state index contributed by atoms with van der Waals surface area (Å²) >= 11 is 0. The summed E-state index contributed by atoms with van der Waals surface area (Å²) in [5.41, 5.74) is 9.06. The summed E-state index contributed by atoms with van der Waals surface area (Å²) in [7, 11) is 4.64. The van der Waals surface area contributed by atoms with E-state index in [0.29, 0.717) is 34.0 Å². The molecule has 6 heteroatoms. The number of carbonyl (C=O) groups excluding carboxylic acids is 1. The number of rotatable bonds is 5. The lowest BCUT2D eigenvalue weighted by atomic mass is 10.0. The number of pyridine rings is 1. The Hall–Kier alpha value is -3.28. The fourth-order valence-electron chi connectivity index (χ4n) is 2.92. The van der Waals surface area contributed by atoms with E-state index in [1.165, 1.54) is 0 Å². The van der Waals surface area contributed by atoms with Gasteiger partial charge in [-0.1, -0.05) is 11.6 Å². The number of aryl methyl sites for hydroxylation is 1. The van der Waals surface area contributed by atoms with E-state index in [1.54, 1.807) is 39.5 Å². The van der Waals surface area contributed by atoms with Gasteiger partial charge in [-0.15, -0.1) is 0 Å². The van der Waals surface area contributed by atoms with Gasteiger partial charge in [-0.3, -0.25) is 4.79 Å². The zero-order valence-electron chi connectivity index (χ0n) is 15.1. The number of aromatic nitrogens is 1. The molecule has 1 amide bonds. The van der Waals surface area contributed by atoms with Crippen molar-refractivity contribution >= 4 is 16.8 Å². The van der Waals surface area contributed by atoms with Crippen molar-refractivity contribution in [3.05, 3.63) is 47.5 Å². The van der Waals surface area contributed by atoms with E-state index in [4.69, 9.17) is 19.9 Å². The number of benzene rings is 2. The van der Waals surface area contributed by atoms with Crippen LogP contribution >= 0.6 is 0 Å². The minimum absolute atomic E-state index is 0.419. The normalized spacial score (nSPS) is 10.6. The van der Waals surface area contributed by atoms with Gasteiger partial charge in [0.05, 0.1) is 38.1 Å². The fraction of sp³-hybridized carbons (Fsp3) is 0.200. The molecule has 26 heavy (non-hydrogen) atoms. The predicted octanol–water partition coefficient (Wildman–Crippen LogP) is 3.33. The maximum atomic E-state index is 12.0. The Balaban J connectivity index is 2.29. The van der Waals surface area contributed by atoms with E-state index in [-0.39, 0.29) is 0 Å². The molecule has 0 fully saturated rings. The molecular formula is C20H20N2O4. The Morgan fingerprint density at radius 3 is 2.15 bits per heavy atom. The highest BCUT2D eigenvalue weighted by molar-refractivity contribution is 6.06. The lowest BCUT2D eigenvalue weighted by Crippen LogP contribution is -2.12. The monoisotopic (exact) mass is 352 g/mol. The van der Waals surface area contributed by atoms with Gasteiger partial charge in [0.15, 0.2) is 11.5 Å². The first kappa shape index (κ1) is 17.5. The summed E-state index contributed by atoms with van der Waals surface area (Å²) in [5.74, 6) is 1.00. The molecule has 0 aliphatic carbocycles. The molecule has 2 aromatic carbocycles. The third kappa shape index (κ3) is 3.01. The van der Waals surface area contributed by atoms with Crippen LogP contribution in [0.15, 0.2) is 36.4 Å². The summed E-state index contributed by atoms with van der Waals surface area (Å²) in [4.78, 5) is 16.7. The highest BCUT2D eigenvalue weighted by Gasteiger charge is 2.17. The Morgan fingerprint density at radius 1 is 0.962 bits per heavy atom.